The van der Waals surface area contributed by atoms with E-state index in [2.05, 4.69) is 51.3 Å². The minimum absolute atomic E-state index is 0.0181. The van der Waals surface area contributed by atoms with Crippen LogP contribution in [-0.2, 0) is 23.8 Å². The molecule has 0 aliphatic carbocycles. The molecule has 0 unspecified atom stereocenters. The van der Waals surface area contributed by atoms with Crippen LogP contribution in [0.5, 0.6) is 0 Å². The molecule has 0 N–H and O–H groups in total. The summed E-state index contributed by atoms with van der Waals surface area (Å²) < 4.78 is 17.3. The summed E-state index contributed by atoms with van der Waals surface area (Å²) in [4.78, 5) is 44.8. The molecule has 0 rings (SSSR count). The molecular formula is C50H99N3O6. The number of nitrogens with zero attached hydrogens (tertiary/aromatic N) is 3. The van der Waals surface area contributed by atoms with Crippen molar-refractivity contribution in [1.82, 2.24) is 14.7 Å². The van der Waals surface area contributed by atoms with Crippen molar-refractivity contribution < 1.29 is 28.6 Å². The second kappa shape index (κ2) is 44.2. The summed E-state index contributed by atoms with van der Waals surface area (Å²) in [7, 11) is 0. The number of hydrogen-bond donors (Lipinski definition) is 0. The van der Waals surface area contributed by atoms with E-state index in [0.29, 0.717) is 51.7 Å². The van der Waals surface area contributed by atoms with Crippen LogP contribution in [0.2, 0.25) is 0 Å². The second-order valence-corrected chi connectivity index (χ2v) is 17.2. The van der Waals surface area contributed by atoms with Crippen LogP contribution in [0.4, 0.5) is 4.79 Å². The van der Waals surface area contributed by atoms with Crippen LogP contribution in [0.25, 0.3) is 0 Å². The fourth-order valence-electron chi connectivity index (χ4n) is 7.72. The van der Waals surface area contributed by atoms with E-state index in [4.69, 9.17) is 14.2 Å². The van der Waals surface area contributed by atoms with Gasteiger partial charge in [-0.2, -0.15) is 0 Å². The highest BCUT2D eigenvalue weighted by atomic mass is 16.6. The molecule has 0 aromatic rings. The van der Waals surface area contributed by atoms with E-state index < -0.39 is 0 Å². The van der Waals surface area contributed by atoms with Crippen LogP contribution in [0.15, 0.2) is 0 Å². The van der Waals surface area contributed by atoms with Crippen LogP contribution in [-0.4, -0.2) is 105 Å². The number of esters is 2. The molecular weight excluding hydrogens is 739 g/mol. The molecule has 0 saturated heterocycles. The molecule has 1 amide bonds. The number of hydrogen-bond acceptors (Lipinski definition) is 8. The van der Waals surface area contributed by atoms with E-state index in [9.17, 15) is 14.4 Å². The highest BCUT2D eigenvalue weighted by Crippen LogP contribution is 2.20. The van der Waals surface area contributed by atoms with Gasteiger partial charge in [-0.05, 0) is 57.5 Å². The Hall–Kier alpha value is -1.87. The summed E-state index contributed by atoms with van der Waals surface area (Å²) in [6, 6.07) is 0. The first-order valence-electron chi connectivity index (χ1n) is 25.5. The summed E-state index contributed by atoms with van der Waals surface area (Å²) in [6.45, 7) is 21.1. The van der Waals surface area contributed by atoms with Crippen molar-refractivity contribution in [2.24, 2.45) is 5.92 Å². The van der Waals surface area contributed by atoms with Gasteiger partial charge in [-0.25, -0.2) is 4.79 Å². The zero-order valence-corrected chi connectivity index (χ0v) is 40.2. The zero-order chi connectivity index (χ0) is 43.4. The molecule has 350 valence electrons. The Morgan fingerprint density at radius 3 is 1.25 bits per heavy atom. The number of amides is 1. The van der Waals surface area contributed by atoms with Crippen molar-refractivity contribution in [3.05, 3.63) is 0 Å². The monoisotopic (exact) mass is 838 g/mol. The third-order valence-corrected chi connectivity index (χ3v) is 11.9. The maximum Gasteiger partial charge on any atom is 0.409 e. The number of rotatable bonds is 45. The number of unbranched alkanes of at least 4 members (excludes halogenated alkanes) is 20. The van der Waals surface area contributed by atoms with Crippen molar-refractivity contribution >= 4 is 18.0 Å². The molecule has 9 heteroatoms. The Morgan fingerprint density at radius 1 is 0.390 bits per heavy atom. The maximum absolute atomic E-state index is 13.4. The Bertz CT molecular complexity index is 920. The summed E-state index contributed by atoms with van der Waals surface area (Å²) in [6.07, 6.45) is 32.3. The Balaban J connectivity index is 4.66. The molecule has 0 spiro atoms. The lowest BCUT2D eigenvalue weighted by atomic mass is 9.95. The second-order valence-electron chi connectivity index (χ2n) is 17.2. The van der Waals surface area contributed by atoms with Crippen LogP contribution >= 0.6 is 0 Å². The molecule has 0 aromatic carbocycles. The van der Waals surface area contributed by atoms with Crippen molar-refractivity contribution in [2.45, 2.75) is 228 Å². The highest BCUT2D eigenvalue weighted by molar-refractivity contribution is 5.69. The van der Waals surface area contributed by atoms with Gasteiger partial charge in [0.2, 0.25) is 0 Å². The van der Waals surface area contributed by atoms with Crippen LogP contribution < -0.4 is 0 Å². The van der Waals surface area contributed by atoms with Gasteiger partial charge >= 0.3 is 18.0 Å². The minimum atomic E-state index is -0.204. The lowest BCUT2D eigenvalue weighted by Crippen LogP contribution is -2.40. The van der Waals surface area contributed by atoms with Crippen LogP contribution in [0.3, 0.4) is 0 Å². The van der Waals surface area contributed by atoms with Crippen LogP contribution in [0.1, 0.15) is 228 Å². The number of ether oxygens (including phenoxy) is 3. The lowest BCUT2D eigenvalue weighted by molar-refractivity contribution is -0.145. The van der Waals surface area contributed by atoms with Gasteiger partial charge in [0.05, 0.1) is 6.61 Å². The SMILES string of the molecule is CCCCCCCC(=O)OCCN(CCOC(=O)N(CCCCCCC)CCCCCCCCCC(=O)OCC(CCCCCC)CCCCCC)CCN(CC)CC. The third-order valence-electron chi connectivity index (χ3n) is 11.9. The maximum atomic E-state index is 13.4. The molecule has 9 nitrogen and oxygen atoms in total. The lowest BCUT2D eigenvalue weighted by Gasteiger charge is -2.27. The largest absolute Gasteiger partial charge is 0.465 e. The first kappa shape index (κ1) is 57.1. The summed E-state index contributed by atoms with van der Waals surface area (Å²) >= 11 is 0. The van der Waals surface area contributed by atoms with Crippen molar-refractivity contribution in [1.29, 1.82) is 0 Å². The zero-order valence-electron chi connectivity index (χ0n) is 40.2. The third kappa shape index (κ3) is 37.6. The van der Waals surface area contributed by atoms with E-state index >= 15 is 0 Å². The Morgan fingerprint density at radius 2 is 0.780 bits per heavy atom. The van der Waals surface area contributed by atoms with Crippen molar-refractivity contribution in [2.75, 3.05) is 72.2 Å². The molecule has 0 atom stereocenters. The molecule has 0 aromatic heterocycles. The van der Waals surface area contributed by atoms with Gasteiger partial charge < -0.3 is 24.0 Å². The molecule has 0 saturated carbocycles. The fraction of sp³-hybridized carbons (Fsp3) is 0.940. The Labute approximate surface area is 366 Å². The molecule has 0 radical (unpaired) electrons. The van der Waals surface area contributed by atoms with E-state index in [0.717, 1.165) is 110 Å². The first-order valence-corrected chi connectivity index (χ1v) is 25.5. The van der Waals surface area contributed by atoms with Gasteiger partial charge in [0.15, 0.2) is 0 Å². The molecule has 0 aliphatic rings. The molecule has 0 aliphatic heterocycles. The molecule has 0 heterocycles. The standard InChI is InChI=1S/C50H99N3O6/c1-7-13-17-24-30-36-48(54)57-44-42-52(41-40-51(11-5)12-6)43-45-58-50(56)53(38-32-26-18-14-8-2)39-33-27-23-21-22-25-31-37-49(55)59-46-47(34-28-19-15-9-3)35-29-20-16-10-4/h47H,7-46H2,1-6H3. The summed E-state index contributed by atoms with van der Waals surface area (Å²) in [5, 5.41) is 0. The van der Waals surface area contributed by atoms with Gasteiger partial charge in [0, 0.05) is 52.1 Å². The summed E-state index contributed by atoms with van der Waals surface area (Å²) in [5.74, 6) is 0.395. The molecule has 0 fully saturated rings. The van der Waals surface area contributed by atoms with Gasteiger partial charge in [-0.1, -0.05) is 176 Å². The van der Waals surface area contributed by atoms with Gasteiger partial charge in [-0.15, -0.1) is 0 Å². The highest BCUT2D eigenvalue weighted by Gasteiger charge is 2.17. The smallest absolute Gasteiger partial charge is 0.409 e. The molecule has 0 bridgehead atoms. The minimum Gasteiger partial charge on any atom is -0.465 e. The van der Waals surface area contributed by atoms with Crippen molar-refractivity contribution in [3.63, 3.8) is 0 Å². The number of likely N-dealkylation sites (N-methyl/N-ethyl adjacent to an activating group) is 1. The van der Waals surface area contributed by atoms with Gasteiger partial charge in [0.25, 0.3) is 0 Å². The number of carbonyl (C=O) groups is 3. The van der Waals surface area contributed by atoms with E-state index in [1.165, 1.54) is 103 Å². The Kier molecular flexibility index (Phi) is 42.8. The topological polar surface area (TPSA) is 88.6 Å². The normalized spacial score (nSPS) is 11.5. The van der Waals surface area contributed by atoms with Gasteiger partial charge in [0.1, 0.15) is 13.2 Å². The average molecular weight is 838 g/mol. The predicted molar refractivity (Wildman–Crippen MR) is 249 cm³/mol. The van der Waals surface area contributed by atoms with E-state index in [1.54, 1.807) is 0 Å². The number of carbonyl (C=O) groups excluding carboxylic acids is 3. The first-order chi connectivity index (χ1) is 28.8. The quantitative estimate of drug-likeness (QED) is 0.0340. The predicted octanol–water partition coefficient (Wildman–Crippen LogP) is 13.2. The van der Waals surface area contributed by atoms with Crippen LogP contribution in [0, 0.1) is 5.92 Å². The average Bonchev–Trinajstić information content (AvgIpc) is 3.23. The fourth-order valence-corrected chi connectivity index (χ4v) is 7.72. The van der Waals surface area contributed by atoms with Gasteiger partial charge in [-0.3, -0.25) is 14.5 Å². The van der Waals surface area contributed by atoms with E-state index in [-0.39, 0.29) is 18.0 Å². The van der Waals surface area contributed by atoms with Crippen molar-refractivity contribution in [3.8, 4) is 0 Å². The van der Waals surface area contributed by atoms with E-state index in [1.807, 2.05) is 4.90 Å². The summed E-state index contributed by atoms with van der Waals surface area (Å²) in [5.41, 5.74) is 0. The molecule has 59 heavy (non-hydrogen) atoms.